The van der Waals surface area contributed by atoms with Crippen molar-refractivity contribution in [2.75, 3.05) is 32.9 Å². The Bertz CT molecular complexity index is 1160. The molecule has 1 N–H and O–H groups in total. The lowest BCUT2D eigenvalue weighted by molar-refractivity contribution is -0.192. The highest BCUT2D eigenvalue weighted by Crippen LogP contribution is 2.36. The Kier molecular flexibility index (Phi) is 9.45. The number of aromatic nitrogens is 1. The topological polar surface area (TPSA) is 98.2 Å². The highest BCUT2D eigenvalue weighted by atomic mass is 19.4. The van der Waals surface area contributed by atoms with E-state index < -0.39 is 12.1 Å². The number of alkyl halides is 3. The molecule has 11 heteroatoms. The SMILES string of the molecule is Cc1cccc(COCC[C@H]2CO[C@H]3CN(C(=O)Cc4ccc5c(c4)CCCO5)C[C@@H]23)n1.O=C(O)C(F)(F)F. The van der Waals surface area contributed by atoms with E-state index in [4.69, 9.17) is 24.1 Å². The lowest BCUT2D eigenvalue weighted by Crippen LogP contribution is -2.32. The fourth-order valence-electron chi connectivity index (χ4n) is 5.20. The van der Waals surface area contributed by atoms with Gasteiger partial charge in [-0.25, -0.2) is 4.79 Å². The number of pyridine rings is 1. The molecule has 4 heterocycles. The van der Waals surface area contributed by atoms with Crippen molar-refractivity contribution in [1.29, 1.82) is 0 Å². The Labute approximate surface area is 225 Å². The quantitative estimate of drug-likeness (QED) is 0.521. The van der Waals surface area contributed by atoms with Crippen molar-refractivity contribution < 1.29 is 42.1 Å². The number of aryl methyl sites for hydroxylation is 2. The van der Waals surface area contributed by atoms with Crippen LogP contribution in [-0.4, -0.2) is 72.1 Å². The smallest absolute Gasteiger partial charge is 0.490 e. The number of benzene rings is 1. The van der Waals surface area contributed by atoms with Gasteiger partial charge in [0, 0.05) is 31.3 Å². The third kappa shape index (κ3) is 7.92. The summed E-state index contributed by atoms with van der Waals surface area (Å²) < 4.78 is 49.3. The molecule has 212 valence electrons. The van der Waals surface area contributed by atoms with Crippen molar-refractivity contribution in [3.63, 3.8) is 0 Å². The highest BCUT2D eigenvalue weighted by Gasteiger charge is 2.44. The maximum Gasteiger partial charge on any atom is 0.490 e. The average molecular weight is 551 g/mol. The number of carboxylic acid groups (broad SMARTS) is 1. The van der Waals surface area contributed by atoms with Crippen molar-refractivity contribution in [3.8, 4) is 5.75 Å². The zero-order valence-corrected chi connectivity index (χ0v) is 21.8. The minimum Gasteiger partial charge on any atom is -0.493 e. The van der Waals surface area contributed by atoms with Crippen LogP contribution in [0.4, 0.5) is 13.2 Å². The zero-order valence-electron chi connectivity index (χ0n) is 21.8. The summed E-state index contributed by atoms with van der Waals surface area (Å²) in [6.07, 6.45) is -1.43. The highest BCUT2D eigenvalue weighted by molar-refractivity contribution is 5.79. The number of carbonyl (C=O) groups is 2. The molecular weight excluding hydrogens is 517 g/mol. The van der Waals surface area contributed by atoms with E-state index in [0.29, 0.717) is 38.0 Å². The molecule has 3 atom stereocenters. The molecule has 1 amide bonds. The molecule has 5 rings (SSSR count). The number of fused-ring (bicyclic) bond motifs is 2. The minimum atomic E-state index is -5.08. The second kappa shape index (κ2) is 12.8. The summed E-state index contributed by atoms with van der Waals surface area (Å²) in [5.41, 5.74) is 4.28. The molecule has 0 spiro atoms. The van der Waals surface area contributed by atoms with Crippen LogP contribution in [0.5, 0.6) is 5.75 Å². The lowest BCUT2D eigenvalue weighted by Gasteiger charge is -2.21. The van der Waals surface area contributed by atoms with Gasteiger partial charge in [-0.05, 0) is 61.4 Å². The van der Waals surface area contributed by atoms with Gasteiger partial charge >= 0.3 is 12.1 Å². The monoisotopic (exact) mass is 550 g/mol. The summed E-state index contributed by atoms with van der Waals surface area (Å²) >= 11 is 0. The van der Waals surface area contributed by atoms with E-state index in [0.717, 1.165) is 61.7 Å². The van der Waals surface area contributed by atoms with Gasteiger partial charge in [-0.3, -0.25) is 9.78 Å². The summed E-state index contributed by atoms with van der Waals surface area (Å²) in [6.45, 7) is 6.29. The summed E-state index contributed by atoms with van der Waals surface area (Å²) in [5, 5.41) is 7.12. The van der Waals surface area contributed by atoms with Crippen LogP contribution >= 0.6 is 0 Å². The summed E-state index contributed by atoms with van der Waals surface area (Å²) in [5.74, 6) is -0.728. The van der Waals surface area contributed by atoms with Gasteiger partial charge in [-0.2, -0.15) is 13.2 Å². The minimum absolute atomic E-state index is 0.166. The van der Waals surface area contributed by atoms with Crippen molar-refractivity contribution in [2.24, 2.45) is 11.8 Å². The first-order valence-electron chi connectivity index (χ1n) is 13.0. The first-order chi connectivity index (χ1) is 18.6. The van der Waals surface area contributed by atoms with E-state index in [1.54, 1.807) is 0 Å². The molecule has 0 radical (unpaired) electrons. The number of likely N-dealkylation sites (tertiary alicyclic amines) is 1. The van der Waals surface area contributed by atoms with E-state index in [-0.39, 0.29) is 12.0 Å². The predicted molar refractivity (Wildman–Crippen MR) is 134 cm³/mol. The molecule has 0 bridgehead atoms. The number of ether oxygens (including phenoxy) is 3. The van der Waals surface area contributed by atoms with Crippen LogP contribution in [0.1, 0.15) is 35.4 Å². The van der Waals surface area contributed by atoms with Crippen LogP contribution in [0, 0.1) is 18.8 Å². The van der Waals surface area contributed by atoms with Gasteiger partial charge in [-0.1, -0.05) is 18.2 Å². The summed E-state index contributed by atoms with van der Waals surface area (Å²) in [7, 11) is 0. The molecule has 0 saturated carbocycles. The van der Waals surface area contributed by atoms with E-state index in [1.807, 2.05) is 42.2 Å². The molecule has 8 nitrogen and oxygen atoms in total. The van der Waals surface area contributed by atoms with Gasteiger partial charge in [-0.15, -0.1) is 0 Å². The van der Waals surface area contributed by atoms with E-state index in [2.05, 4.69) is 11.1 Å². The van der Waals surface area contributed by atoms with Gasteiger partial charge in [0.05, 0.1) is 38.0 Å². The average Bonchev–Trinajstić information content (AvgIpc) is 3.48. The molecule has 2 aromatic rings. The second-order valence-electron chi connectivity index (χ2n) is 10.1. The second-order valence-corrected chi connectivity index (χ2v) is 10.1. The fraction of sp³-hybridized carbons (Fsp3) is 0.536. The lowest BCUT2D eigenvalue weighted by atomic mass is 9.91. The van der Waals surface area contributed by atoms with Crippen LogP contribution in [0.3, 0.4) is 0 Å². The van der Waals surface area contributed by atoms with Gasteiger partial charge in [0.2, 0.25) is 5.91 Å². The largest absolute Gasteiger partial charge is 0.493 e. The molecule has 1 aromatic carbocycles. The van der Waals surface area contributed by atoms with Crippen molar-refractivity contribution in [3.05, 3.63) is 58.9 Å². The Hall–Kier alpha value is -3.18. The Morgan fingerprint density at radius 1 is 1.21 bits per heavy atom. The molecule has 2 saturated heterocycles. The molecule has 0 unspecified atom stereocenters. The molecule has 3 aliphatic heterocycles. The van der Waals surface area contributed by atoms with Gasteiger partial charge in [0.25, 0.3) is 0 Å². The predicted octanol–water partition coefficient (Wildman–Crippen LogP) is 3.97. The molecule has 3 aliphatic rings. The van der Waals surface area contributed by atoms with Gasteiger partial charge in [0.15, 0.2) is 0 Å². The Balaban J connectivity index is 0.000000448. The number of carboxylic acids is 1. The van der Waals surface area contributed by atoms with Crippen LogP contribution in [0.15, 0.2) is 36.4 Å². The molecule has 2 fully saturated rings. The van der Waals surface area contributed by atoms with E-state index in [1.165, 1.54) is 5.56 Å². The number of rotatable bonds is 7. The molecule has 39 heavy (non-hydrogen) atoms. The van der Waals surface area contributed by atoms with Crippen LogP contribution in [0.2, 0.25) is 0 Å². The maximum absolute atomic E-state index is 13.0. The van der Waals surface area contributed by atoms with Crippen molar-refractivity contribution in [2.45, 2.75) is 51.5 Å². The normalized spacial score (nSPS) is 21.8. The van der Waals surface area contributed by atoms with Gasteiger partial charge < -0.3 is 24.2 Å². The number of hydrogen-bond donors (Lipinski definition) is 1. The number of amides is 1. The third-order valence-corrected chi connectivity index (χ3v) is 7.19. The number of aliphatic carboxylic acids is 1. The third-order valence-electron chi connectivity index (χ3n) is 7.19. The van der Waals surface area contributed by atoms with Crippen molar-refractivity contribution >= 4 is 11.9 Å². The van der Waals surface area contributed by atoms with Crippen LogP contribution in [0.25, 0.3) is 0 Å². The number of halogens is 3. The molecular formula is C28H33F3N2O6. The molecule has 0 aliphatic carbocycles. The standard InChI is InChI=1S/C26H32N2O4.C2HF3O2/c1-18-4-2-6-22(27-18)17-30-11-9-21-16-32-25-15-28(14-23(21)25)26(29)13-19-7-8-24-20(12-19)5-3-10-31-24;3-2(4,5)1(6)7/h2,4,6-8,12,21,23,25H,3,5,9-11,13-17H2,1H3;(H,6,7)/t21-,23-,25-;/m0./s1. The van der Waals surface area contributed by atoms with Crippen molar-refractivity contribution in [1.82, 2.24) is 9.88 Å². The zero-order chi connectivity index (χ0) is 28.0. The first kappa shape index (κ1) is 28.8. The maximum atomic E-state index is 13.0. The Morgan fingerprint density at radius 3 is 2.74 bits per heavy atom. The molecule has 1 aromatic heterocycles. The first-order valence-corrected chi connectivity index (χ1v) is 13.0. The fourth-order valence-corrected chi connectivity index (χ4v) is 5.20. The number of carbonyl (C=O) groups excluding carboxylic acids is 1. The van der Waals surface area contributed by atoms with Crippen LogP contribution < -0.4 is 4.74 Å². The van der Waals surface area contributed by atoms with E-state index >= 15 is 0 Å². The Morgan fingerprint density at radius 2 is 2.00 bits per heavy atom. The van der Waals surface area contributed by atoms with Crippen LogP contribution in [-0.2, 0) is 38.5 Å². The summed E-state index contributed by atoms with van der Waals surface area (Å²) in [4.78, 5) is 28.3. The van der Waals surface area contributed by atoms with E-state index in [9.17, 15) is 18.0 Å². The van der Waals surface area contributed by atoms with Gasteiger partial charge in [0.1, 0.15) is 5.75 Å². The number of hydrogen-bond acceptors (Lipinski definition) is 6. The summed E-state index contributed by atoms with van der Waals surface area (Å²) in [6, 6.07) is 12.2. The number of nitrogens with zero attached hydrogens (tertiary/aromatic N) is 2.